The second-order valence-corrected chi connectivity index (χ2v) is 4.42. The summed E-state index contributed by atoms with van der Waals surface area (Å²) in [6.45, 7) is 0. The van der Waals surface area contributed by atoms with Crippen LogP contribution in [-0.4, -0.2) is 35.1 Å². The number of aromatic carboxylic acids is 1. The lowest BCUT2D eigenvalue weighted by atomic mass is 10.1. The first-order chi connectivity index (χ1) is 9.61. The molecule has 0 saturated heterocycles. The summed E-state index contributed by atoms with van der Waals surface area (Å²) in [4.78, 5) is 19.1. The van der Waals surface area contributed by atoms with Gasteiger partial charge < -0.3 is 10.0 Å². The van der Waals surface area contributed by atoms with Gasteiger partial charge in [-0.2, -0.15) is 13.2 Å². The van der Waals surface area contributed by atoms with Gasteiger partial charge in [0.1, 0.15) is 0 Å². The second kappa shape index (κ2) is 4.83. The molecule has 1 N–H and O–H groups in total. The third kappa shape index (κ3) is 2.71. The number of aromatic nitrogens is 2. The standard InChI is InChI=1S/C12H9F4N3O2/c1-19(2)10-7(13)4-5-3-6(11(20)21)8(12(14,15)16)17-9(5)18-10/h3-4H,1-2H3,(H,20,21). The van der Waals surface area contributed by atoms with Crippen molar-refractivity contribution in [2.24, 2.45) is 0 Å². The van der Waals surface area contributed by atoms with Crippen LogP contribution in [0.4, 0.5) is 23.4 Å². The minimum Gasteiger partial charge on any atom is -0.478 e. The highest BCUT2D eigenvalue weighted by atomic mass is 19.4. The minimum absolute atomic E-state index is 0.122. The molecule has 2 rings (SSSR count). The van der Waals surface area contributed by atoms with Crippen molar-refractivity contribution in [3.63, 3.8) is 0 Å². The van der Waals surface area contributed by atoms with Crippen molar-refractivity contribution in [2.45, 2.75) is 6.18 Å². The van der Waals surface area contributed by atoms with Crippen LogP contribution in [0.5, 0.6) is 0 Å². The molecule has 0 saturated carbocycles. The summed E-state index contributed by atoms with van der Waals surface area (Å²) in [6.07, 6.45) is -4.95. The summed E-state index contributed by atoms with van der Waals surface area (Å²) in [5, 5.41) is 8.72. The van der Waals surface area contributed by atoms with Crippen molar-refractivity contribution in [3.05, 3.63) is 29.2 Å². The van der Waals surface area contributed by atoms with Crippen LogP contribution in [0.15, 0.2) is 12.1 Å². The molecule has 0 amide bonds. The molecular formula is C12H9F4N3O2. The van der Waals surface area contributed by atoms with E-state index in [0.29, 0.717) is 6.07 Å². The van der Waals surface area contributed by atoms with Crippen molar-refractivity contribution < 1.29 is 27.5 Å². The Kier molecular flexibility index (Phi) is 3.44. The average molecular weight is 303 g/mol. The summed E-state index contributed by atoms with van der Waals surface area (Å²) < 4.78 is 52.2. The molecule has 0 aliphatic heterocycles. The van der Waals surface area contributed by atoms with Crippen molar-refractivity contribution in [1.82, 2.24) is 9.97 Å². The number of fused-ring (bicyclic) bond motifs is 1. The molecule has 112 valence electrons. The number of alkyl halides is 3. The first-order valence-corrected chi connectivity index (χ1v) is 5.60. The van der Waals surface area contributed by atoms with E-state index < -0.39 is 29.2 Å². The predicted molar refractivity (Wildman–Crippen MR) is 65.8 cm³/mol. The number of halogens is 4. The molecule has 0 spiro atoms. The number of rotatable bonds is 2. The van der Waals surface area contributed by atoms with Crippen LogP contribution >= 0.6 is 0 Å². The number of carbonyl (C=O) groups is 1. The van der Waals surface area contributed by atoms with Gasteiger partial charge in [-0.3, -0.25) is 0 Å². The Morgan fingerprint density at radius 1 is 1.24 bits per heavy atom. The zero-order chi connectivity index (χ0) is 15.9. The summed E-state index contributed by atoms with van der Waals surface area (Å²) in [7, 11) is 2.93. The lowest BCUT2D eigenvalue weighted by Crippen LogP contribution is -2.17. The molecular weight excluding hydrogens is 294 g/mol. The van der Waals surface area contributed by atoms with Gasteiger partial charge in [0.2, 0.25) is 0 Å². The molecule has 0 fully saturated rings. The van der Waals surface area contributed by atoms with Gasteiger partial charge in [-0.25, -0.2) is 19.2 Å². The van der Waals surface area contributed by atoms with Crippen LogP contribution in [0.3, 0.4) is 0 Å². The Morgan fingerprint density at radius 3 is 2.33 bits per heavy atom. The molecule has 0 atom stereocenters. The highest BCUT2D eigenvalue weighted by Crippen LogP contribution is 2.32. The maximum atomic E-state index is 13.7. The number of anilines is 1. The van der Waals surface area contributed by atoms with E-state index in [-0.39, 0.29) is 16.9 Å². The summed E-state index contributed by atoms with van der Waals surface area (Å²) >= 11 is 0. The van der Waals surface area contributed by atoms with E-state index in [0.717, 1.165) is 6.07 Å². The lowest BCUT2D eigenvalue weighted by Gasteiger charge is -2.14. The molecule has 0 radical (unpaired) electrons. The third-order valence-electron chi connectivity index (χ3n) is 2.66. The van der Waals surface area contributed by atoms with Gasteiger partial charge in [0.05, 0.1) is 5.56 Å². The van der Waals surface area contributed by atoms with Crippen LogP contribution in [0.25, 0.3) is 11.0 Å². The molecule has 21 heavy (non-hydrogen) atoms. The Morgan fingerprint density at radius 2 is 1.86 bits per heavy atom. The van der Waals surface area contributed by atoms with Crippen LogP contribution < -0.4 is 4.90 Å². The second-order valence-electron chi connectivity index (χ2n) is 4.42. The van der Waals surface area contributed by atoms with Gasteiger partial charge in [-0.15, -0.1) is 0 Å². The fraction of sp³-hybridized carbons (Fsp3) is 0.250. The highest BCUT2D eigenvalue weighted by molar-refractivity contribution is 5.93. The third-order valence-corrected chi connectivity index (χ3v) is 2.66. The highest BCUT2D eigenvalue weighted by Gasteiger charge is 2.38. The van der Waals surface area contributed by atoms with E-state index in [1.165, 1.54) is 19.0 Å². The lowest BCUT2D eigenvalue weighted by molar-refractivity contribution is -0.141. The molecule has 5 nitrogen and oxygen atoms in total. The maximum Gasteiger partial charge on any atom is 0.434 e. The zero-order valence-corrected chi connectivity index (χ0v) is 10.9. The van der Waals surface area contributed by atoms with Crippen molar-refractivity contribution in [1.29, 1.82) is 0 Å². The molecule has 2 heterocycles. The molecule has 2 aromatic heterocycles. The van der Waals surface area contributed by atoms with E-state index in [1.54, 1.807) is 0 Å². The quantitative estimate of drug-likeness (QED) is 0.864. The number of hydrogen-bond donors (Lipinski definition) is 1. The Balaban J connectivity index is 2.82. The van der Waals surface area contributed by atoms with Gasteiger partial charge in [0.15, 0.2) is 23.0 Å². The van der Waals surface area contributed by atoms with Gasteiger partial charge in [0.25, 0.3) is 0 Å². The molecule has 0 bridgehead atoms. The van der Waals surface area contributed by atoms with Crippen LogP contribution in [0.2, 0.25) is 0 Å². The topological polar surface area (TPSA) is 66.3 Å². The van der Waals surface area contributed by atoms with Gasteiger partial charge >= 0.3 is 12.1 Å². The molecule has 9 heteroatoms. The molecule has 2 aromatic rings. The maximum absolute atomic E-state index is 13.7. The van der Waals surface area contributed by atoms with E-state index in [4.69, 9.17) is 5.11 Å². The number of hydrogen-bond acceptors (Lipinski definition) is 4. The number of carboxylic acids is 1. The summed E-state index contributed by atoms with van der Waals surface area (Å²) in [5.74, 6) is -2.77. The van der Waals surface area contributed by atoms with E-state index >= 15 is 0 Å². The summed E-state index contributed by atoms with van der Waals surface area (Å²) in [5.41, 5.74) is -2.99. The van der Waals surface area contributed by atoms with Crippen molar-refractivity contribution >= 4 is 22.8 Å². The average Bonchev–Trinajstić information content (AvgIpc) is 2.34. The number of pyridine rings is 2. The fourth-order valence-corrected chi connectivity index (χ4v) is 1.76. The van der Waals surface area contributed by atoms with Crippen molar-refractivity contribution in [2.75, 3.05) is 19.0 Å². The Bertz CT molecular complexity index is 728. The monoisotopic (exact) mass is 303 g/mol. The van der Waals surface area contributed by atoms with Crippen LogP contribution in [0.1, 0.15) is 16.1 Å². The molecule has 0 aromatic carbocycles. The predicted octanol–water partition coefficient (Wildman–Crippen LogP) is 2.55. The first kappa shape index (κ1) is 14.9. The van der Waals surface area contributed by atoms with E-state index in [1.807, 2.05) is 0 Å². The van der Waals surface area contributed by atoms with Crippen molar-refractivity contribution in [3.8, 4) is 0 Å². The van der Waals surface area contributed by atoms with Crippen LogP contribution in [0, 0.1) is 5.82 Å². The van der Waals surface area contributed by atoms with Crippen LogP contribution in [-0.2, 0) is 6.18 Å². The smallest absolute Gasteiger partial charge is 0.434 e. The minimum atomic E-state index is -4.95. The Labute approximate surface area is 115 Å². The SMILES string of the molecule is CN(C)c1nc2nc(C(F)(F)F)c(C(=O)O)cc2cc1F. The first-order valence-electron chi connectivity index (χ1n) is 5.60. The molecule has 0 aliphatic carbocycles. The van der Waals surface area contributed by atoms with Gasteiger partial charge in [-0.05, 0) is 12.1 Å². The summed E-state index contributed by atoms with van der Waals surface area (Å²) in [6, 6.07) is 1.61. The molecule has 0 aliphatic rings. The Hall–Kier alpha value is -2.45. The van der Waals surface area contributed by atoms with Gasteiger partial charge in [0, 0.05) is 19.5 Å². The fourth-order valence-electron chi connectivity index (χ4n) is 1.76. The normalized spacial score (nSPS) is 11.7. The molecule has 0 unspecified atom stereocenters. The number of nitrogens with zero attached hydrogens (tertiary/aromatic N) is 3. The largest absolute Gasteiger partial charge is 0.478 e. The van der Waals surface area contributed by atoms with E-state index in [2.05, 4.69) is 9.97 Å². The number of carboxylic acid groups (broad SMARTS) is 1. The zero-order valence-electron chi connectivity index (χ0n) is 10.9. The van der Waals surface area contributed by atoms with E-state index in [9.17, 15) is 22.4 Å². The van der Waals surface area contributed by atoms with Gasteiger partial charge in [-0.1, -0.05) is 0 Å².